The van der Waals surface area contributed by atoms with Gasteiger partial charge in [-0.1, -0.05) is 6.42 Å². The number of nitrogens with zero attached hydrogens (tertiary/aromatic N) is 1. The molecule has 0 N–H and O–H groups in total. The molecule has 5 heteroatoms. The summed E-state index contributed by atoms with van der Waals surface area (Å²) in [4.78, 5) is 14.5. The fraction of sp³-hybridized carbons (Fsp3) is 0.562. The molecule has 0 amide bonds. The lowest BCUT2D eigenvalue weighted by atomic mass is 10.1. The molecule has 0 radical (unpaired) electrons. The maximum atomic E-state index is 12.2. The van der Waals surface area contributed by atoms with Crippen LogP contribution in [-0.4, -0.2) is 43.4 Å². The summed E-state index contributed by atoms with van der Waals surface area (Å²) in [7, 11) is 0. The van der Waals surface area contributed by atoms with E-state index in [0.29, 0.717) is 17.1 Å². The number of likely N-dealkylation sites (tertiary alicyclic amines) is 1. The van der Waals surface area contributed by atoms with Crippen LogP contribution in [0, 0.1) is 0 Å². The number of fused-ring (bicyclic) bond motifs is 1. The second-order valence-electron chi connectivity index (χ2n) is 5.65. The van der Waals surface area contributed by atoms with Crippen LogP contribution in [0.2, 0.25) is 0 Å². The summed E-state index contributed by atoms with van der Waals surface area (Å²) in [5.41, 5.74) is 0.504. The number of esters is 1. The Hall–Kier alpha value is -1.75. The van der Waals surface area contributed by atoms with Crippen LogP contribution in [0.4, 0.5) is 0 Å². The SMILES string of the molecule is C[C@H](CN1CCCCC1)OC(=O)c1ccc2c(c1)OCO2. The van der Waals surface area contributed by atoms with Crippen LogP contribution < -0.4 is 9.47 Å². The number of carbonyl (C=O) groups is 1. The zero-order valence-electron chi connectivity index (χ0n) is 12.3. The highest BCUT2D eigenvalue weighted by atomic mass is 16.7. The molecule has 2 heterocycles. The highest BCUT2D eigenvalue weighted by Crippen LogP contribution is 2.32. The molecule has 0 saturated carbocycles. The number of rotatable bonds is 4. The van der Waals surface area contributed by atoms with Crippen LogP contribution in [0.15, 0.2) is 18.2 Å². The normalized spacial score (nSPS) is 19.3. The van der Waals surface area contributed by atoms with Crippen LogP contribution >= 0.6 is 0 Å². The summed E-state index contributed by atoms with van der Waals surface area (Å²) in [5.74, 6) is 0.971. The van der Waals surface area contributed by atoms with E-state index in [1.807, 2.05) is 6.92 Å². The highest BCUT2D eigenvalue weighted by Gasteiger charge is 2.20. The van der Waals surface area contributed by atoms with Gasteiger partial charge < -0.3 is 14.2 Å². The minimum atomic E-state index is -0.308. The number of ether oxygens (including phenoxy) is 3. The Balaban J connectivity index is 1.55. The van der Waals surface area contributed by atoms with Crippen LogP contribution in [0.3, 0.4) is 0 Å². The number of carbonyl (C=O) groups excluding carboxylic acids is 1. The Kier molecular flexibility index (Phi) is 4.29. The Bertz CT molecular complexity index is 511. The molecule has 0 aromatic heterocycles. The van der Waals surface area contributed by atoms with E-state index in [1.165, 1.54) is 19.3 Å². The van der Waals surface area contributed by atoms with Gasteiger partial charge in [0.05, 0.1) is 5.56 Å². The lowest BCUT2D eigenvalue weighted by Gasteiger charge is -2.28. The molecule has 5 nitrogen and oxygen atoms in total. The second kappa shape index (κ2) is 6.35. The first-order valence-electron chi connectivity index (χ1n) is 7.55. The maximum Gasteiger partial charge on any atom is 0.338 e. The first-order valence-corrected chi connectivity index (χ1v) is 7.55. The van der Waals surface area contributed by atoms with Crippen LogP contribution in [-0.2, 0) is 4.74 Å². The van der Waals surface area contributed by atoms with Crippen molar-refractivity contribution < 1.29 is 19.0 Å². The molecule has 21 heavy (non-hydrogen) atoms. The van der Waals surface area contributed by atoms with E-state index in [9.17, 15) is 4.79 Å². The third kappa shape index (κ3) is 3.47. The van der Waals surface area contributed by atoms with Crippen molar-refractivity contribution >= 4 is 5.97 Å². The van der Waals surface area contributed by atoms with Crippen molar-refractivity contribution in [2.75, 3.05) is 26.4 Å². The molecule has 2 aliphatic heterocycles. The smallest absolute Gasteiger partial charge is 0.338 e. The molecular weight excluding hydrogens is 270 g/mol. The molecule has 1 atom stereocenters. The lowest BCUT2D eigenvalue weighted by molar-refractivity contribution is 0.0235. The number of piperidine rings is 1. The van der Waals surface area contributed by atoms with Crippen molar-refractivity contribution in [3.05, 3.63) is 23.8 Å². The Morgan fingerprint density at radius 1 is 1.24 bits per heavy atom. The van der Waals surface area contributed by atoms with Gasteiger partial charge >= 0.3 is 5.97 Å². The van der Waals surface area contributed by atoms with Crippen molar-refractivity contribution in [2.45, 2.75) is 32.3 Å². The number of hydrogen-bond acceptors (Lipinski definition) is 5. The molecular formula is C16H21NO4. The summed E-state index contributed by atoms with van der Waals surface area (Å²) in [6, 6.07) is 5.13. The zero-order valence-corrected chi connectivity index (χ0v) is 12.3. The van der Waals surface area contributed by atoms with E-state index in [4.69, 9.17) is 14.2 Å². The van der Waals surface area contributed by atoms with Gasteiger partial charge in [-0.3, -0.25) is 4.90 Å². The van der Waals surface area contributed by atoms with Crippen molar-refractivity contribution in [1.82, 2.24) is 4.90 Å². The third-order valence-electron chi connectivity index (χ3n) is 3.88. The molecule has 0 spiro atoms. The quantitative estimate of drug-likeness (QED) is 0.797. The second-order valence-corrected chi connectivity index (χ2v) is 5.65. The molecule has 1 aromatic rings. The lowest BCUT2D eigenvalue weighted by Crippen LogP contribution is -2.37. The van der Waals surface area contributed by atoms with Gasteiger partial charge in [0, 0.05) is 6.54 Å². The Morgan fingerprint density at radius 3 is 2.81 bits per heavy atom. The topological polar surface area (TPSA) is 48.0 Å². The van der Waals surface area contributed by atoms with Gasteiger partial charge in [0.25, 0.3) is 0 Å². The first-order chi connectivity index (χ1) is 10.2. The minimum Gasteiger partial charge on any atom is -0.458 e. The molecule has 0 bridgehead atoms. The van der Waals surface area contributed by atoms with E-state index < -0.39 is 0 Å². The summed E-state index contributed by atoms with van der Waals surface area (Å²) < 4.78 is 16.0. The average molecular weight is 291 g/mol. The van der Waals surface area contributed by atoms with Gasteiger partial charge in [0.1, 0.15) is 6.10 Å². The van der Waals surface area contributed by atoms with E-state index in [1.54, 1.807) is 18.2 Å². The predicted molar refractivity (Wildman–Crippen MR) is 77.7 cm³/mol. The van der Waals surface area contributed by atoms with Crippen molar-refractivity contribution in [1.29, 1.82) is 0 Å². The van der Waals surface area contributed by atoms with E-state index in [0.717, 1.165) is 19.6 Å². The van der Waals surface area contributed by atoms with E-state index in [-0.39, 0.29) is 18.9 Å². The fourth-order valence-electron chi connectivity index (χ4n) is 2.82. The van der Waals surface area contributed by atoms with Crippen molar-refractivity contribution in [3.8, 4) is 11.5 Å². The maximum absolute atomic E-state index is 12.2. The molecule has 0 unspecified atom stereocenters. The van der Waals surface area contributed by atoms with Gasteiger partial charge in [0.15, 0.2) is 11.5 Å². The first kappa shape index (κ1) is 14.2. The van der Waals surface area contributed by atoms with Crippen LogP contribution in [0.25, 0.3) is 0 Å². The van der Waals surface area contributed by atoms with Crippen LogP contribution in [0.5, 0.6) is 11.5 Å². The standard InChI is InChI=1S/C16H21NO4/c1-12(10-17-7-3-2-4-8-17)21-16(18)13-5-6-14-15(9-13)20-11-19-14/h5-6,9,12H,2-4,7-8,10-11H2,1H3/t12-/m1/s1. The summed E-state index contributed by atoms with van der Waals surface area (Å²) in [6.07, 6.45) is 3.68. The summed E-state index contributed by atoms with van der Waals surface area (Å²) in [5, 5.41) is 0. The molecule has 2 aliphatic rings. The fourth-order valence-corrected chi connectivity index (χ4v) is 2.82. The molecule has 1 aromatic carbocycles. The minimum absolute atomic E-state index is 0.110. The average Bonchev–Trinajstić information content (AvgIpc) is 2.95. The van der Waals surface area contributed by atoms with Gasteiger partial charge in [-0.15, -0.1) is 0 Å². The molecule has 1 fully saturated rings. The largest absolute Gasteiger partial charge is 0.458 e. The van der Waals surface area contributed by atoms with Gasteiger partial charge in [-0.05, 0) is 51.1 Å². The van der Waals surface area contributed by atoms with Gasteiger partial charge in [-0.2, -0.15) is 0 Å². The summed E-state index contributed by atoms with van der Waals surface area (Å²) in [6.45, 7) is 5.16. The monoisotopic (exact) mass is 291 g/mol. The molecule has 0 aliphatic carbocycles. The van der Waals surface area contributed by atoms with Crippen molar-refractivity contribution in [2.24, 2.45) is 0 Å². The van der Waals surface area contributed by atoms with E-state index in [2.05, 4.69) is 4.90 Å². The van der Waals surface area contributed by atoms with Crippen molar-refractivity contribution in [3.63, 3.8) is 0 Å². The van der Waals surface area contributed by atoms with E-state index >= 15 is 0 Å². The Morgan fingerprint density at radius 2 is 2.00 bits per heavy atom. The number of hydrogen-bond donors (Lipinski definition) is 0. The molecule has 114 valence electrons. The van der Waals surface area contributed by atoms with Crippen LogP contribution in [0.1, 0.15) is 36.5 Å². The summed E-state index contributed by atoms with van der Waals surface area (Å²) >= 11 is 0. The third-order valence-corrected chi connectivity index (χ3v) is 3.88. The number of benzene rings is 1. The molecule has 3 rings (SSSR count). The van der Waals surface area contributed by atoms with Gasteiger partial charge in [-0.25, -0.2) is 4.79 Å². The van der Waals surface area contributed by atoms with Gasteiger partial charge in [0.2, 0.25) is 6.79 Å². The highest BCUT2D eigenvalue weighted by molar-refractivity contribution is 5.90. The predicted octanol–water partition coefficient (Wildman–Crippen LogP) is 2.45. The molecule has 1 saturated heterocycles. The Labute approximate surface area is 124 Å². The zero-order chi connectivity index (χ0) is 14.7.